The van der Waals surface area contributed by atoms with Gasteiger partial charge in [0.25, 0.3) is 0 Å². The lowest BCUT2D eigenvalue weighted by Gasteiger charge is -2.26. The summed E-state index contributed by atoms with van der Waals surface area (Å²) in [6, 6.07) is 9.97. The predicted octanol–water partition coefficient (Wildman–Crippen LogP) is 2.69. The summed E-state index contributed by atoms with van der Waals surface area (Å²) in [7, 11) is -2.65. The van der Waals surface area contributed by atoms with Crippen molar-refractivity contribution in [3.05, 3.63) is 35.9 Å². The standard InChI is InChI=1S/C14H23NO3Si/c1-4-16-19(17-5-2,18-6-3)13-15-12-14-10-8-7-9-11-14/h7-12H,4-6,13H2,1-3H3. The van der Waals surface area contributed by atoms with E-state index in [2.05, 4.69) is 4.99 Å². The van der Waals surface area contributed by atoms with E-state index in [1.54, 1.807) is 0 Å². The topological polar surface area (TPSA) is 40.0 Å². The molecule has 0 aliphatic carbocycles. The van der Waals surface area contributed by atoms with E-state index in [0.717, 1.165) is 5.56 Å². The van der Waals surface area contributed by atoms with Crippen molar-refractivity contribution in [2.45, 2.75) is 20.8 Å². The Labute approximate surface area is 116 Å². The van der Waals surface area contributed by atoms with Gasteiger partial charge in [-0.3, -0.25) is 4.99 Å². The Morgan fingerprint density at radius 1 is 0.947 bits per heavy atom. The molecule has 0 fully saturated rings. The second-order valence-corrected chi connectivity index (χ2v) is 6.41. The van der Waals surface area contributed by atoms with Crippen LogP contribution in [0.15, 0.2) is 35.3 Å². The van der Waals surface area contributed by atoms with Crippen molar-refractivity contribution < 1.29 is 13.3 Å². The summed E-state index contributed by atoms with van der Waals surface area (Å²) in [6.45, 7) is 7.56. The Hall–Kier alpha value is -1.01. The van der Waals surface area contributed by atoms with Gasteiger partial charge in [-0.2, -0.15) is 0 Å². The van der Waals surface area contributed by atoms with Gasteiger partial charge in [0.05, 0.1) is 0 Å². The average molecular weight is 281 g/mol. The molecule has 0 spiro atoms. The number of hydrogen-bond acceptors (Lipinski definition) is 4. The quantitative estimate of drug-likeness (QED) is 0.516. The highest BCUT2D eigenvalue weighted by molar-refractivity contribution is 6.61. The second kappa shape index (κ2) is 8.98. The molecule has 0 saturated heterocycles. The zero-order valence-electron chi connectivity index (χ0n) is 12.0. The molecular formula is C14H23NO3Si. The largest absolute Gasteiger partial charge is 0.523 e. The van der Waals surface area contributed by atoms with E-state index in [1.165, 1.54) is 0 Å². The predicted molar refractivity (Wildman–Crippen MR) is 79.5 cm³/mol. The molecule has 0 amide bonds. The summed E-state index contributed by atoms with van der Waals surface area (Å²) in [5, 5.41) is 0. The van der Waals surface area contributed by atoms with Gasteiger partial charge in [0.2, 0.25) is 0 Å². The van der Waals surface area contributed by atoms with Crippen LogP contribution in [0, 0.1) is 0 Å². The van der Waals surface area contributed by atoms with Crippen LogP contribution in [0.25, 0.3) is 0 Å². The van der Waals surface area contributed by atoms with E-state index in [0.29, 0.717) is 26.0 Å². The monoisotopic (exact) mass is 281 g/mol. The summed E-state index contributed by atoms with van der Waals surface area (Å²) >= 11 is 0. The molecular weight excluding hydrogens is 258 g/mol. The van der Waals surface area contributed by atoms with Gasteiger partial charge < -0.3 is 13.3 Å². The van der Waals surface area contributed by atoms with E-state index in [1.807, 2.05) is 57.3 Å². The molecule has 1 aromatic carbocycles. The van der Waals surface area contributed by atoms with Crippen LogP contribution in [0.5, 0.6) is 0 Å². The van der Waals surface area contributed by atoms with Gasteiger partial charge in [0.1, 0.15) is 6.17 Å². The number of rotatable bonds is 9. The molecule has 106 valence electrons. The Bertz CT molecular complexity index is 353. The van der Waals surface area contributed by atoms with Gasteiger partial charge >= 0.3 is 8.80 Å². The minimum atomic E-state index is -2.65. The van der Waals surface area contributed by atoms with E-state index in [9.17, 15) is 0 Å². The first-order valence-electron chi connectivity index (χ1n) is 6.73. The highest BCUT2D eigenvalue weighted by Gasteiger charge is 2.40. The zero-order chi connectivity index (χ0) is 14.0. The molecule has 0 aromatic heterocycles. The lowest BCUT2D eigenvalue weighted by Crippen LogP contribution is -2.49. The van der Waals surface area contributed by atoms with Crippen molar-refractivity contribution in [2.75, 3.05) is 26.0 Å². The first-order valence-corrected chi connectivity index (χ1v) is 8.66. The van der Waals surface area contributed by atoms with E-state index in [-0.39, 0.29) is 0 Å². The molecule has 0 aliphatic heterocycles. The number of nitrogens with zero attached hydrogens (tertiary/aromatic N) is 1. The van der Waals surface area contributed by atoms with Crippen molar-refractivity contribution in [3.63, 3.8) is 0 Å². The molecule has 0 aliphatic rings. The summed E-state index contributed by atoms with van der Waals surface area (Å²) in [5.41, 5.74) is 1.06. The fourth-order valence-corrected chi connectivity index (χ4v) is 3.88. The fraction of sp³-hybridized carbons (Fsp3) is 0.500. The van der Waals surface area contributed by atoms with Crippen LogP contribution in [0.2, 0.25) is 0 Å². The van der Waals surface area contributed by atoms with Crippen molar-refractivity contribution in [1.29, 1.82) is 0 Å². The molecule has 5 heteroatoms. The van der Waals surface area contributed by atoms with Crippen LogP contribution in [-0.2, 0) is 13.3 Å². The zero-order valence-corrected chi connectivity index (χ0v) is 13.0. The summed E-state index contributed by atoms with van der Waals surface area (Å²) in [4.78, 5) is 4.43. The van der Waals surface area contributed by atoms with E-state index < -0.39 is 8.80 Å². The van der Waals surface area contributed by atoms with Crippen LogP contribution in [0.4, 0.5) is 0 Å². The lowest BCUT2D eigenvalue weighted by molar-refractivity contribution is 0.0730. The third kappa shape index (κ3) is 5.65. The first-order chi connectivity index (χ1) is 9.26. The van der Waals surface area contributed by atoms with Crippen molar-refractivity contribution >= 4 is 15.0 Å². The summed E-state index contributed by atoms with van der Waals surface area (Å²) in [5.74, 6) is 0. The molecule has 1 rings (SSSR count). The van der Waals surface area contributed by atoms with Gasteiger partial charge in [-0.15, -0.1) is 0 Å². The van der Waals surface area contributed by atoms with Gasteiger partial charge in [-0.05, 0) is 26.3 Å². The maximum absolute atomic E-state index is 5.73. The third-order valence-corrected chi connectivity index (χ3v) is 5.17. The highest BCUT2D eigenvalue weighted by atomic mass is 28.4. The first kappa shape index (κ1) is 16.0. The van der Waals surface area contributed by atoms with Crippen LogP contribution in [-0.4, -0.2) is 41.0 Å². The smallest absolute Gasteiger partial charge is 0.373 e. The number of hydrogen-bond donors (Lipinski definition) is 0. The molecule has 0 N–H and O–H groups in total. The normalized spacial score (nSPS) is 12.2. The second-order valence-electron chi connectivity index (χ2n) is 3.86. The molecule has 0 saturated carbocycles. The molecule has 1 aromatic rings. The van der Waals surface area contributed by atoms with Gasteiger partial charge in [0.15, 0.2) is 0 Å². The van der Waals surface area contributed by atoms with Gasteiger partial charge in [-0.1, -0.05) is 30.3 Å². The van der Waals surface area contributed by atoms with Crippen LogP contribution < -0.4 is 0 Å². The third-order valence-electron chi connectivity index (χ3n) is 2.42. The minimum absolute atomic E-state index is 0.456. The Balaban J connectivity index is 2.68. The summed E-state index contributed by atoms with van der Waals surface area (Å²) < 4.78 is 17.2. The van der Waals surface area contributed by atoms with Crippen molar-refractivity contribution in [2.24, 2.45) is 4.99 Å². The maximum atomic E-state index is 5.73. The molecule has 19 heavy (non-hydrogen) atoms. The number of benzene rings is 1. The van der Waals surface area contributed by atoms with Crippen LogP contribution >= 0.6 is 0 Å². The highest BCUT2D eigenvalue weighted by Crippen LogP contribution is 2.10. The maximum Gasteiger partial charge on any atom is 0.523 e. The minimum Gasteiger partial charge on any atom is -0.373 e. The lowest BCUT2D eigenvalue weighted by atomic mass is 10.2. The Morgan fingerprint density at radius 2 is 1.47 bits per heavy atom. The SMILES string of the molecule is CCO[Si](CN=Cc1ccccc1)(OCC)OCC. The fourth-order valence-electron chi connectivity index (χ4n) is 1.72. The molecule has 0 radical (unpaired) electrons. The van der Waals surface area contributed by atoms with Crippen LogP contribution in [0.3, 0.4) is 0 Å². The average Bonchev–Trinajstić information content (AvgIpc) is 2.41. The Kier molecular flexibility index (Phi) is 7.58. The molecule has 0 heterocycles. The Morgan fingerprint density at radius 3 is 1.95 bits per heavy atom. The molecule has 0 bridgehead atoms. The van der Waals surface area contributed by atoms with Gasteiger partial charge in [-0.25, -0.2) is 0 Å². The van der Waals surface area contributed by atoms with E-state index >= 15 is 0 Å². The van der Waals surface area contributed by atoms with Crippen molar-refractivity contribution in [1.82, 2.24) is 0 Å². The van der Waals surface area contributed by atoms with E-state index in [4.69, 9.17) is 13.3 Å². The van der Waals surface area contributed by atoms with Crippen LogP contribution in [0.1, 0.15) is 26.3 Å². The van der Waals surface area contributed by atoms with Crippen molar-refractivity contribution in [3.8, 4) is 0 Å². The molecule has 4 nitrogen and oxygen atoms in total. The molecule has 0 unspecified atom stereocenters. The van der Waals surface area contributed by atoms with Gasteiger partial charge in [0, 0.05) is 26.0 Å². The number of aliphatic imine (C=N–C) groups is 1. The summed E-state index contributed by atoms with van der Waals surface area (Å²) in [6.07, 6.45) is 2.29. The molecule has 0 atom stereocenters.